The first-order valence-electron chi connectivity index (χ1n) is 8.21. The van der Waals surface area contributed by atoms with Crippen LogP contribution in [0, 0.1) is 0 Å². The third-order valence-electron chi connectivity index (χ3n) is 4.62. The fourth-order valence-corrected chi connectivity index (χ4v) is 3.82. The molecule has 0 unspecified atom stereocenters. The minimum Gasteiger partial charge on any atom is -0.365 e. The van der Waals surface area contributed by atoms with Crippen molar-refractivity contribution >= 4 is 5.91 Å². The Morgan fingerprint density at radius 2 is 2.05 bits per heavy atom. The smallest absolute Gasteiger partial charge is 0.223 e. The molecular weight excluding hydrogens is 278 g/mol. The number of morpholine rings is 1. The molecule has 3 rings (SSSR count). The van der Waals surface area contributed by atoms with Gasteiger partial charge in [0.25, 0.3) is 0 Å². The molecule has 0 radical (unpaired) electrons. The predicted octanol–water partition coefficient (Wildman–Crippen LogP) is 2.36. The highest BCUT2D eigenvalue weighted by Crippen LogP contribution is 2.40. The molecule has 5 nitrogen and oxygen atoms in total. The Morgan fingerprint density at radius 1 is 1.27 bits per heavy atom. The van der Waals surface area contributed by atoms with Crippen LogP contribution in [0.3, 0.4) is 0 Å². The Bertz CT molecular complexity index is 524. The lowest BCUT2D eigenvalue weighted by molar-refractivity contribution is -0.198. The van der Waals surface area contributed by atoms with Gasteiger partial charge in [-0.2, -0.15) is 0 Å². The fourth-order valence-electron chi connectivity index (χ4n) is 3.82. The van der Waals surface area contributed by atoms with E-state index in [4.69, 9.17) is 4.74 Å². The topological polar surface area (TPSA) is 55.3 Å². The second-order valence-electron chi connectivity index (χ2n) is 7.20. The van der Waals surface area contributed by atoms with Crippen LogP contribution in [-0.4, -0.2) is 45.1 Å². The average Bonchev–Trinajstić information content (AvgIpc) is 2.91. The molecule has 0 bridgehead atoms. The zero-order valence-electron chi connectivity index (χ0n) is 13.5. The average molecular weight is 303 g/mol. The van der Waals surface area contributed by atoms with E-state index < -0.39 is 0 Å². The molecule has 1 saturated heterocycles. The van der Waals surface area contributed by atoms with Crippen LogP contribution in [0.15, 0.2) is 18.6 Å². The minimum absolute atomic E-state index is 0.107. The molecule has 0 aromatic carbocycles. The molecule has 1 amide bonds. The Morgan fingerprint density at radius 3 is 2.73 bits per heavy atom. The Balaban J connectivity index is 1.63. The lowest BCUT2D eigenvalue weighted by atomic mass is 9.94. The van der Waals surface area contributed by atoms with E-state index in [0.29, 0.717) is 19.4 Å². The maximum Gasteiger partial charge on any atom is 0.223 e. The van der Waals surface area contributed by atoms with Crippen LogP contribution in [0.2, 0.25) is 0 Å². The highest BCUT2D eigenvalue weighted by atomic mass is 16.5. The Kier molecular flexibility index (Phi) is 4.17. The summed E-state index contributed by atoms with van der Waals surface area (Å²) in [6.45, 7) is 5.61. The number of ether oxygens (including phenoxy) is 1. The summed E-state index contributed by atoms with van der Waals surface area (Å²) >= 11 is 0. The second kappa shape index (κ2) is 5.95. The van der Waals surface area contributed by atoms with E-state index >= 15 is 0 Å². The van der Waals surface area contributed by atoms with Crippen LogP contribution in [-0.2, 0) is 16.0 Å². The lowest BCUT2D eigenvalue weighted by Crippen LogP contribution is -2.60. The molecule has 22 heavy (non-hydrogen) atoms. The summed E-state index contributed by atoms with van der Waals surface area (Å²) in [5, 5.41) is 0. The van der Waals surface area contributed by atoms with Crippen LogP contribution in [0.25, 0.3) is 0 Å². The van der Waals surface area contributed by atoms with Gasteiger partial charge in [-0.05, 0) is 33.1 Å². The van der Waals surface area contributed by atoms with Crippen LogP contribution >= 0.6 is 0 Å². The highest BCUT2D eigenvalue weighted by Gasteiger charge is 2.46. The first-order valence-corrected chi connectivity index (χ1v) is 8.21. The zero-order chi connectivity index (χ0) is 15.6. The van der Waals surface area contributed by atoms with Gasteiger partial charge in [-0.25, -0.2) is 0 Å². The third-order valence-corrected chi connectivity index (χ3v) is 4.62. The van der Waals surface area contributed by atoms with Gasteiger partial charge in [-0.1, -0.05) is 12.8 Å². The van der Waals surface area contributed by atoms with Gasteiger partial charge in [0.15, 0.2) is 0 Å². The highest BCUT2D eigenvalue weighted by molar-refractivity contribution is 5.76. The second-order valence-corrected chi connectivity index (χ2v) is 7.20. The Hall–Kier alpha value is -1.49. The molecule has 1 aliphatic heterocycles. The summed E-state index contributed by atoms with van der Waals surface area (Å²) in [6.07, 6.45) is 10.8. The summed E-state index contributed by atoms with van der Waals surface area (Å²) in [4.78, 5) is 22.9. The third kappa shape index (κ3) is 3.46. The van der Waals surface area contributed by atoms with Gasteiger partial charge in [0, 0.05) is 38.1 Å². The summed E-state index contributed by atoms with van der Waals surface area (Å²) in [6, 6.07) is 0. The molecule has 2 heterocycles. The molecule has 2 aliphatic rings. The van der Waals surface area contributed by atoms with Gasteiger partial charge in [0.05, 0.1) is 16.9 Å². The van der Waals surface area contributed by atoms with Crippen molar-refractivity contribution < 1.29 is 9.53 Å². The number of hydrogen-bond donors (Lipinski definition) is 0. The molecule has 0 atom stereocenters. The summed E-state index contributed by atoms with van der Waals surface area (Å²) in [5.74, 6) is 0.202. The number of hydrogen-bond acceptors (Lipinski definition) is 4. The number of carbonyl (C=O) groups is 1. The number of amides is 1. The van der Waals surface area contributed by atoms with E-state index in [1.54, 1.807) is 18.6 Å². The molecule has 1 saturated carbocycles. The SMILES string of the molecule is CC1(C)CN(C(=O)CCc2cnccn2)CC2(CCCC2)O1. The first kappa shape index (κ1) is 15.4. The van der Waals surface area contributed by atoms with Crippen molar-refractivity contribution in [3.8, 4) is 0 Å². The van der Waals surface area contributed by atoms with Crippen molar-refractivity contribution in [2.24, 2.45) is 0 Å². The molecular formula is C17H25N3O2. The number of aryl methyl sites for hydroxylation is 1. The van der Waals surface area contributed by atoms with E-state index in [0.717, 1.165) is 25.1 Å². The van der Waals surface area contributed by atoms with Gasteiger partial charge in [-0.3, -0.25) is 14.8 Å². The van der Waals surface area contributed by atoms with Crippen molar-refractivity contribution in [1.29, 1.82) is 0 Å². The van der Waals surface area contributed by atoms with Crippen molar-refractivity contribution in [3.63, 3.8) is 0 Å². The standard InChI is InChI=1S/C17H25N3O2/c1-16(2)12-20(13-17(22-16)7-3-4-8-17)15(21)6-5-14-11-18-9-10-19-14/h9-11H,3-8,12-13H2,1-2H3. The van der Waals surface area contributed by atoms with E-state index in [1.165, 1.54) is 12.8 Å². The summed E-state index contributed by atoms with van der Waals surface area (Å²) in [5.41, 5.74) is 0.508. The van der Waals surface area contributed by atoms with Crippen LogP contribution in [0.4, 0.5) is 0 Å². The molecule has 0 N–H and O–H groups in total. The van der Waals surface area contributed by atoms with E-state index in [-0.39, 0.29) is 17.1 Å². The largest absolute Gasteiger partial charge is 0.365 e. The van der Waals surface area contributed by atoms with Crippen molar-refractivity contribution in [2.45, 2.75) is 63.6 Å². The molecule has 1 aromatic rings. The van der Waals surface area contributed by atoms with Gasteiger partial charge in [-0.15, -0.1) is 0 Å². The molecule has 1 aromatic heterocycles. The normalized spacial score (nSPS) is 22.9. The van der Waals surface area contributed by atoms with Crippen molar-refractivity contribution in [3.05, 3.63) is 24.3 Å². The van der Waals surface area contributed by atoms with Crippen LogP contribution in [0.1, 0.15) is 51.6 Å². The Labute approximate surface area is 132 Å². The van der Waals surface area contributed by atoms with Crippen LogP contribution < -0.4 is 0 Å². The first-order chi connectivity index (χ1) is 10.5. The number of carbonyl (C=O) groups excluding carboxylic acids is 1. The molecule has 2 fully saturated rings. The molecule has 5 heteroatoms. The number of rotatable bonds is 3. The predicted molar refractivity (Wildman–Crippen MR) is 83.3 cm³/mol. The van der Waals surface area contributed by atoms with Gasteiger partial charge in [0.2, 0.25) is 5.91 Å². The van der Waals surface area contributed by atoms with Crippen molar-refractivity contribution in [2.75, 3.05) is 13.1 Å². The molecule has 120 valence electrons. The van der Waals surface area contributed by atoms with E-state index in [1.807, 2.05) is 4.90 Å². The molecule has 1 spiro atoms. The quantitative estimate of drug-likeness (QED) is 0.860. The maximum absolute atomic E-state index is 12.6. The van der Waals surface area contributed by atoms with E-state index in [2.05, 4.69) is 23.8 Å². The lowest BCUT2D eigenvalue weighted by Gasteiger charge is -2.48. The minimum atomic E-state index is -0.259. The van der Waals surface area contributed by atoms with Gasteiger partial charge < -0.3 is 9.64 Å². The van der Waals surface area contributed by atoms with Crippen molar-refractivity contribution in [1.82, 2.24) is 14.9 Å². The maximum atomic E-state index is 12.6. The number of aromatic nitrogens is 2. The summed E-state index contributed by atoms with van der Waals surface area (Å²) < 4.78 is 6.35. The monoisotopic (exact) mass is 303 g/mol. The van der Waals surface area contributed by atoms with E-state index in [9.17, 15) is 4.79 Å². The van der Waals surface area contributed by atoms with Gasteiger partial charge >= 0.3 is 0 Å². The zero-order valence-corrected chi connectivity index (χ0v) is 13.5. The fraction of sp³-hybridized carbons (Fsp3) is 0.706. The van der Waals surface area contributed by atoms with Crippen LogP contribution in [0.5, 0.6) is 0 Å². The van der Waals surface area contributed by atoms with Gasteiger partial charge in [0.1, 0.15) is 0 Å². The summed E-state index contributed by atoms with van der Waals surface area (Å²) in [7, 11) is 0. The molecule has 1 aliphatic carbocycles. The number of nitrogens with zero attached hydrogens (tertiary/aromatic N) is 3.